The molecule has 2 N–H and O–H groups in total. The molecule has 20 heavy (non-hydrogen) atoms. The van der Waals surface area contributed by atoms with E-state index in [4.69, 9.17) is 9.84 Å². The lowest BCUT2D eigenvalue weighted by Gasteiger charge is -2.06. The molecule has 0 radical (unpaired) electrons. The first kappa shape index (κ1) is 13.5. The largest absolute Gasteiger partial charge is 0.478 e. The molecule has 0 atom stereocenters. The van der Waals surface area contributed by atoms with Crippen molar-refractivity contribution < 1.29 is 19.4 Å². The first-order chi connectivity index (χ1) is 9.54. The van der Waals surface area contributed by atoms with Gasteiger partial charge in [-0.1, -0.05) is 0 Å². The van der Waals surface area contributed by atoms with Crippen LogP contribution in [0.15, 0.2) is 42.6 Å². The first-order valence-electron chi connectivity index (χ1n) is 5.79. The number of anilines is 1. The normalized spacial score (nSPS) is 9.85. The van der Waals surface area contributed by atoms with E-state index in [1.54, 1.807) is 24.3 Å². The maximum Gasteiger partial charge on any atom is 0.335 e. The van der Waals surface area contributed by atoms with Crippen LogP contribution in [-0.2, 0) is 4.79 Å². The lowest BCUT2D eigenvalue weighted by atomic mass is 10.2. The summed E-state index contributed by atoms with van der Waals surface area (Å²) in [7, 11) is 0. The van der Waals surface area contributed by atoms with Gasteiger partial charge in [-0.25, -0.2) is 9.78 Å². The highest BCUT2D eigenvalue weighted by molar-refractivity contribution is 5.88. The van der Waals surface area contributed by atoms with Crippen molar-refractivity contribution in [1.29, 1.82) is 0 Å². The molecule has 2 rings (SSSR count). The molecule has 1 aromatic carbocycles. The Balaban J connectivity index is 2.06. The maximum atomic E-state index is 10.9. The Morgan fingerprint density at radius 1 is 1.15 bits per heavy atom. The number of pyridine rings is 1. The molecule has 1 aromatic heterocycles. The Kier molecular flexibility index (Phi) is 3.95. The average Bonchev–Trinajstić information content (AvgIpc) is 2.41. The molecular formula is C14H12N2O4. The molecule has 0 fully saturated rings. The van der Waals surface area contributed by atoms with Gasteiger partial charge >= 0.3 is 5.97 Å². The van der Waals surface area contributed by atoms with Gasteiger partial charge in [0.2, 0.25) is 11.8 Å². The molecular weight excluding hydrogens is 260 g/mol. The van der Waals surface area contributed by atoms with Crippen molar-refractivity contribution in [3.63, 3.8) is 0 Å². The van der Waals surface area contributed by atoms with Crippen LogP contribution >= 0.6 is 0 Å². The van der Waals surface area contributed by atoms with Gasteiger partial charge in [-0.2, -0.15) is 0 Å². The van der Waals surface area contributed by atoms with Gasteiger partial charge in [0.25, 0.3) is 0 Å². The summed E-state index contributed by atoms with van der Waals surface area (Å²) in [6.45, 7) is 1.41. The van der Waals surface area contributed by atoms with Crippen molar-refractivity contribution in [3.05, 3.63) is 48.2 Å². The van der Waals surface area contributed by atoms with E-state index in [1.165, 1.54) is 25.3 Å². The quantitative estimate of drug-likeness (QED) is 0.892. The number of nitrogens with one attached hydrogen (secondary N) is 1. The standard InChI is InChI=1S/C14H12N2O4/c1-9(17)16-11-4-7-13(15-8-11)20-12-5-2-10(3-6-12)14(18)19/h2-8H,1H3,(H,16,17)(H,18,19). The summed E-state index contributed by atoms with van der Waals surface area (Å²) in [4.78, 5) is 25.6. The maximum absolute atomic E-state index is 10.9. The molecule has 1 amide bonds. The van der Waals surface area contributed by atoms with Gasteiger partial charge in [-0.15, -0.1) is 0 Å². The SMILES string of the molecule is CC(=O)Nc1ccc(Oc2ccc(C(=O)O)cc2)nc1. The van der Waals surface area contributed by atoms with Crippen LogP contribution in [0.3, 0.4) is 0 Å². The summed E-state index contributed by atoms with van der Waals surface area (Å²) < 4.78 is 5.46. The smallest absolute Gasteiger partial charge is 0.335 e. The summed E-state index contributed by atoms with van der Waals surface area (Å²) in [5, 5.41) is 11.4. The van der Waals surface area contributed by atoms with Crippen LogP contribution in [-0.4, -0.2) is 22.0 Å². The minimum atomic E-state index is -0.991. The van der Waals surface area contributed by atoms with Gasteiger partial charge in [0, 0.05) is 13.0 Å². The van der Waals surface area contributed by atoms with Crippen molar-refractivity contribution in [2.45, 2.75) is 6.92 Å². The zero-order valence-corrected chi connectivity index (χ0v) is 10.7. The predicted molar refractivity (Wildman–Crippen MR) is 72.0 cm³/mol. The Labute approximate surface area is 115 Å². The molecule has 2 aromatic rings. The number of aromatic carboxylic acids is 1. The van der Waals surface area contributed by atoms with E-state index in [9.17, 15) is 9.59 Å². The van der Waals surface area contributed by atoms with Gasteiger partial charge in [0.1, 0.15) is 5.75 Å². The highest BCUT2D eigenvalue weighted by atomic mass is 16.5. The number of carbonyl (C=O) groups is 2. The number of benzene rings is 1. The van der Waals surface area contributed by atoms with E-state index in [1.807, 2.05) is 0 Å². The number of carboxylic acid groups (broad SMARTS) is 1. The van der Waals surface area contributed by atoms with Crippen molar-refractivity contribution in [2.75, 3.05) is 5.32 Å². The molecule has 6 nitrogen and oxygen atoms in total. The second-order valence-corrected chi connectivity index (χ2v) is 4.00. The lowest BCUT2D eigenvalue weighted by Crippen LogP contribution is -2.05. The molecule has 0 bridgehead atoms. The van der Waals surface area contributed by atoms with Gasteiger partial charge in [-0.3, -0.25) is 4.79 Å². The molecule has 0 aliphatic rings. The number of rotatable bonds is 4. The van der Waals surface area contributed by atoms with E-state index in [2.05, 4.69) is 10.3 Å². The Morgan fingerprint density at radius 2 is 1.85 bits per heavy atom. The molecule has 0 saturated carbocycles. The third kappa shape index (κ3) is 3.55. The fourth-order valence-electron chi connectivity index (χ4n) is 1.50. The van der Waals surface area contributed by atoms with Gasteiger partial charge < -0.3 is 15.2 Å². The van der Waals surface area contributed by atoms with Crippen LogP contribution in [0, 0.1) is 0 Å². The Hall–Kier alpha value is -2.89. The first-order valence-corrected chi connectivity index (χ1v) is 5.79. The summed E-state index contributed by atoms with van der Waals surface area (Å²) in [5.41, 5.74) is 0.761. The van der Waals surface area contributed by atoms with Crippen molar-refractivity contribution in [3.8, 4) is 11.6 Å². The topological polar surface area (TPSA) is 88.5 Å². The Bertz CT molecular complexity index is 621. The number of aromatic nitrogens is 1. The molecule has 0 aliphatic heterocycles. The van der Waals surface area contributed by atoms with Crippen molar-refractivity contribution in [1.82, 2.24) is 4.98 Å². The summed E-state index contributed by atoms with van der Waals surface area (Å²) in [6.07, 6.45) is 1.47. The van der Waals surface area contributed by atoms with Crippen LogP contribution in [0.5, 0.6) is 11.6 Å². The van der Waals surface area contributed by atoms with E-state index in [-0.39, 0.29) is 11.5 Å². The summed E-state index contributed by atoms with van der Waals surface area (Å²) in [5.74, 6) is -0.337. The number of hydrogen-bond acceptors (Lipinski definition) is 4. The van der Waals surface area contributed by atoms with Crippen LogP contribution < -0.4 is 10.1 Å². The number of carbonyl (C=O) groups excluding carboxylic acids is 1. The highest BCUT2D eigenvalue weighted by Crippen LogP contribution is 2.20. The highest BCUT2D eigenvalue weighted by Gasteiger charge is 2.04. The molecule has 0 unspecified atom stereocenters. The van der Waals surface area contributed by atoms with Gasteiger partial charge in [-0.05, 0) is 30.3 Å². The molecule has 0 spiro atoms. The lowest BCUT2D eigenvalue weighted by molar-refractivity contribution is -0.114. The van der Waals surface area contributed by atoms with Crippen molar-refractivity contribution in [2.24, 2.45) is 0 Å². The predicted octanol–water partition coefficient (Wildman–Crippen LogP) is 2.53. The van der Waals surface area contributed by atoms with Crippen LogP contribution in [0.4, 0.5) is 5.69 Å². The van der Waals surface area contributed by atoms with Gasteiger partial charge in [0.15, 0.2) is 0 Å². The van der Waals surface area contributed by atoms with Gasteiger partial charge in [0.05, 0.1) is 17.4 Å². The number of carboxylic acids is 1. The zero-order valence-electron chi connectivity index (χ0n) is 10.7. The minimum absolute atomic E-state index is 0.176. The third-order valence-electron chi connectivity index (χ3n) is 2.38. The second-order valence-electron chi connectivity index (χ2n) is 4.00. The molecule has 6 heteroatoms. The van der Waals surface area contributed by atoms with E-state index < -0.39 is 5.97 Å². The number of amides is 1. The minimum Gasteiger partial charge on any atom is -0.478 e. The van der Waals surface area contributed by atoms with Crippen LogP contribution in [0.25, 0.3) is 0 Å². The van der Waals surface area contributed by atoms with Crippen LogP contribution in [0.1, 0.15) is 17.3 Å². The van der Waals surface area contributed by atoms with E-state index in [0.29, 0.717) is 17.3 Å². The van der Waals surface area contributed by atoms with E-state index >= 15 is 0 Å². The number of ether oxygens (including phenoxy) is 1. The molecule has 102 valence electrons. The summed E-state index contributed by atoms with van der Waals surface area (Å²) >= 11 is 0. The van der Waals surface area contributed by atoms with Crippen molar-refractivity contribution >= 4 is 17.6 Å². The molecule has 1 heterocycles. The number of hydrogen-bond donors (Lipinski definition) is 2. The van der Waals surface area contributed by atoms with Crippen LogP contribution in [0.2, 0.25) is 0 Å². The number of nitrogens with zero attached hydrogens (tertiary/aromatic N) is 1. The fraction of sp³-hybridized carbons (Fsp3) is 0.0714. The third-order valence-corrected chi connectivity index (χ3v) is 2.38. The summed E-state index contributed by atoms with van der Waals surface area (Å²) in [6, 6.07) is 9.26. The molecule has 0 aliphatic carbocycles. The fourth-order valence-corrected chi connectivity index (χ4v) is 1.50. The zero-order chi connectivity index (χ0) is 14.5. The monoisotopic (exact) mass is 272 g/mol. The molecule has 0 saturated heterocycles. The van der Waals surface area contributed by atoms with E-state index in [0.717, 1.165) is 0 Å². The average molecular weight is 272 g/mol. The Morgan fingerprint density at radius 3 is 2.35 bits per heavy atom. The second kappa shape index (κ2) is 5.83.